The second-order valence-corrected chi connectivity index (χ2v) is 9.55. The second kappa shape index (κ2) is 6.94. The first-order chi connectivity index (χ1) is 14.3. The van der Waals surface area contributed by atoms with Crippen LogP contribution in [0.4, 0.5) is 5.00 Å². The van der Waals surface area contributed by atoms with Gasteiger partial charge in [-0.3, -0.25) is 14.4 Å². The zero-order valence-corrected chi connectivity index (χ0v) is 18.2. The van der Waals surface area contributed by atoms with Crippen molar-refractivity contribution in [3.8, 4) is 0 Å². The third-order valence-electron chi connectivity index (χ3n) is 6.19. The molecule has 3 aliphatic rings. The molecule has 0 bridgehead atoms. The van der Waals surface area contributed by atoms with Crippen LogP contribution in [0.15, 0.2) is 4.52 Å². The molecule has 2 aromatic heterocycles. The van der Waals surface area contributed by atoms with Gasteiger partial charge in [0.1, 0.15) is 22.9 Å². The third kappa shape index (κ3) is 3.03. The third-order valence-corrected chi connectivity index (χ3v) is 7.43. The minimum Gasteiger partial charge on any atom is -0.361 e. The van der Waals surface area contributed by atoms with Crippen LogP contribution in [-0.4, -0.2) is 59.4 Å². The Morgan fingerprint density at radius 2 is 2.00 bits per heavy atom. The lowest BCUT2D eigenvalue weighted by Gasteiger charge is -2.27. The van der Waals surface area contributed by atoms with Crippen molar-refractivity contribution in [1.82, 2.24) is 15.0 Å². The van der Waals surface area contributed by atoms with E-state index < -0.39 is 0 Å². The number of likely N-dealkylation sites (N-methyl/N-ethyl adjacent to an activating group) is 1. The SMILES string of the molecule is Cc1noc(C)c1C(=O)N1CCc2c(sc3c2C(=O)N(C)CC(=O)N3CC2CC2)C1. The van der Waals surface area contributed by atoms with Crippen LogP contribution < -0.4 is 4.90 Å². The molecule has 0 N–H and O–H groups in total. The summed E-state index contributed by atoms with van der Waals surface area (Å²) in [4.78, 5) is 45.2. The van der Waals surface area contributed by atoms with E-state index in [9.17, 15) is 14.4 Å². The van der Waals surface area contributed by atoms with E-state index in [1.165, 1.54) is 16.2 Å². The van der Waals surface area contributed by atoms with Gasteiger partial charge in [-0.1, -0.05) is 5.16 Å². The number of hydrogen-bond donors (Lipinski definition) is 0. The van der Waals surface area contributed by atoms with Crippen molar-refractivity contribution in [3.63, 3.8) is 0 Å². The topological polar surface area (TPSA) is 87.0 Å². The zero-order valence-electron chi connectivity index (χ0n) is 17.4. The molecule has 9 heteroatoms. The molecule has 158 valence electrons. The number of fused-ring (bicyclic) bond motifs is 3. The van der Waals surface area contributed by atoms with E-state index in [0.717, 1.165) is 28.3 Å². The molecule has 5 rings (SSSR count). The highest BCUT2D eigenvalue weighted by Gasteiger charge is 2.39. The summed E-state index contributed by atoms with van der Waals surface area (Å²) in [6, 6.07) is 0. The highest BCUT2D eigenvalue weighted by molar-refractivity contribution is 7.17. The maximum absolute atomic E-state index is 13.1. The molecule has 0 saturated heterocycles. The number of anilines is 1. The Hall–Kier alpha value is -2.68. The van der Waals surface area contributed by atoms with Crippen LogP contribution >= 0.6 is 11.3 Å². The Morgan fingerprint density at radius 1 is 1.23 bits per heavy atom. The molecule has 1 fully saturated rings. The van der Waals surface area contributed by atoms with Gasteiger partial charge in [-0.15, -0.1) is 11.3 Å². The normalized spacial score (nSPS) is 19.1. The summed E-state index contributed by atoms with van der Waals surface area (Å²) in [5, 5.41) is 4.66. The first kappa shape index (κ1) is 19.3. The Morgan fingerprint density at radius 3 is 2.67 bits per heavy atom. The summed E-state index contributed by atoms with van der Waals surface area (Å²) in [7, 11) is 1.69. The van der Waals surface area contributed by atoms with Gasteiger partial charge in [-0.25, -0.2) is 0 Å². The lowest BCUT2D eigenvalue weighted by Crippen LogP contribution is -2.39. The summed E-state index contributed by atoms with van der Waals surface area (Å²) in [5.41, 5.74) is 2.75. The van der Waals surface area contributed by atoms with Crippen LogP contribution in [-0.2, 0) is 17.8 Å². The monoisotopic (exact) mass is 428 g/mol. The fourth-order valence-corrected chi connectivity index (χ4v) is 5.71. The van der Waals surface area contributed by atoms with Crippen LogP contribution in [0.1, 0.15) is 55.5 Å². The molecule has 0 aromatic carbocycles. The fraction of sp³-hybridized carbons (Fsp3) is 0.524. The van der Waals surface area contributed by atoms with Crippen molar-refractivity contribution in [2.75, 3.05) is 31.6 Å². The predicted octanol–water partition coefficient (Wildman–Crippen LogP) is 2.38. The van der Waals surface area contributed by atoms with Gasteiger partial charge in [-0.05, 0) is 44.6 Å². The Kier molecular flexibility index (Phi) is 4.46. The van der Waals surface area contributed by atoms with Crippen LogP contribution in [0, 0.1) is 19.8 Å². The van der Waals surface area contributed by atoms with Crippen molar-refractivity contribution in [1.29, 1.82) is 0 Å². The molecule has 2 aromatic rings. The summed E-state index contributed by atoms with van der Waals surface area (Å²) >= 11 is 1.49. The number of thiophene rings is 1. The molecule has 1 saturated carbocycles. The maximum Gasteiger partial charge on any atom is 0.259 e. The van der Waals surface area contributed by atoms with E-state index in [0.29, 0.717) is 54.6 Å². The molecule has 30 heavy (non-hydrogen) atoms. The minimum atomic E-state index is -0.102. The number of nitrogens with zero attached hydrogens (tertiary/aromatic N) is 4. The Labute approximate surface area is 178 Å². The molecule has 0 radical (unpaired) electrons. The average Bonchev–Trinajstić information content (AvgIpc) is 3.39. The molecule has 0 spiro atoms. The van der Waals surface area contributed by atoms with E-state index in [4.69, 9.17) is 4.52 Å². The van der Waals surface area contributed by atoms with Crippen molar-refractivity contribution in [2.45, 2.75) is 39.7 Å². The van der Waals surface area contributed by atoms with Crippen LogP contribution in [0.25, 0.3) is 0 Å². The quantitative estimate of drug-likeness (QED) is 0.749. The van der Waals surface area contributed by atoms with Gasteiger partial charge in [-0.2, -0.15) is 0 Å². The molecule has 4 heterocycles. The molecular weight excluding hydrogens is 404 g/mol. The van der Waals surface area contributed by atoms with E-state index in [2.05, 4.69) is 5.16 Å². The van der Waals surface area contributed by atoms with Gasteiger partial charge in [0.25, 0.3) is 11.8 Å². The number of aryl methyl sites for hydroxylation is 2. The molecule has 3 amide bonds. The second-order valence-electron chi connectivity index (χ2n) is 8.47. The number of amides is 3. The van der Waals surface area contributed by atoms with Crippen molar-refractivity contribution in [3.05, 3.63) is 33.0 Å². The zero-order chi connectivity index (χ0) is 21.2. The van der Waals surface area contributed by atoms with E-state index in [1.54, 1.807) is 25.8 Å². The van der Waals surface area contributed by atoms with E-state index >= 15 is 0 Å². The predicted molar refractivity (Wildman–Crippen MR) is 111 cm³/mol. The average molecular weight is 429 g/mol. The van der Waals surface area contributed by atoms with Crippen LogP contribution in [0.5, 0.6) is 0 Å². The standard InChI is InChI=1S/C21H24N4O4S/c1-11-17(12(2)29-22-11)20(28)24-7-6-14-15(9-24)30-21-18(14)19(27)23(3)10-16(26)25(21)8-13-4-5-13/h13H,4-10H2,1-3H3. The minimum absolute atomic E-state index is 0.0289. The number of hydrogen-bond acceptors (Lipinski definition) is 6. The van der Waals surface area contributed by atoms with Gasteiger partial charge in [0.15, 0.2) is 0 Å². The number of carbonyl (C=O) groups is 3. The lowest BCUT2D eigenvalue weighted by molar-refractivity contribution is -0.119. The number of aromatic nitrogens is 1. The summed E-state index contributed by atoms with van der Waals surface area (Å²) in [5.74, 6) is 0.813. The molecular formula is C21H24N4O4S. The first-order valence-electron chi connectivity index (χ1n) is 10.3. The van der Waals surface area contributed by atoms with Gasteiger partial charge in [0.05, 0.1) is 17.8 Å². The van der Waals surface area contributed by atoms with Gasteiger partial charge < -0.3 is 19.2 Å². The molecule has 2 aliphatic heterocycles. The van der Waals surface area contributed by atoms with E-state index in [1.807, 2.05) is 4.90 Å². The number of carbonyl (C=O) groups excluding carboxylic acids is 3. The summed E-state index contributed by atoms with van der Waals surface area (Å²) < 4.78 is 5.16. The van der Waals surface area contributed by atoms with Crippen molar-refractivity contribution < 1.29 is 18.9 Å². The van der Waals surface area contributed by atoms with Gasteiger partial charge in [0.2, 0.25) is 5.91 Å². The Balaban J connectivity index is 1.51. The van der Waals surface area contributed by atoms with Crippen molar-refractivity contribution >= 4 is 34.1 Å². The lowest BCUT2D eigenvalue weighted by atomic mass is 10.0. The highest BCUT2D eigenvalue weighted by atomic mass is 32.1. The smallest absolute Gasteiger partial charge is 0.259 e. The first-order valence-corrected chi connectivity index (χ1v) is 11.1. The summed E-state index contributed by atoms with van der Waals surface area (Å²) in [6.07, 6.45) is 2.86. The molecule has 1 aliphatic carbocycles. The van der Waals surface area contributed by atoms with Crippen molar-refractivity contribution in [2.24, 2.45) is 5.92 Å². The van der Waals surface area contributed by atoms with Crippen LogP contribution in [0.3, 0.4) is 0 Å². The molecule has 0 unspecified atom stereocenters. The molecule has 0 atom stereocenters. The largest absolute Gasteiger partial charge is 0.361 e. The van der Waals surface area contributed by atoms with E-state index in [-0.39, 0.29) is 24.3 Å². The molecule has 8 nitrogen and oxygen atoms in total. The van der Waals surface area contributed by atoms with Crippen LogP contribution in [0.2, 0.25) is 0 Å². The summed E-state index contributed by atoms with van der Waals surface area (Å²) in [6.45, 7) is 5.24. The van der Waals surface area contributed by atoms with Gasteiger partial charge in [0, 0.05) is 25.0 Å². The fourth-order valence-electron chi connectivity index (χ4n) is 4.33. The highest BCUT2D eigenvalue weighted by Crippen LogP contribution is 2.43. The number of rotatable bonds is 3. The maximum atomic E-state index is 13.1. The Bertz CT molecular complexity index is 1050. The van der Waals surface area contributed by atoms with Gasteiger partial charge >= 0.3 is 0 Å².